The molecule has 0 aliphatic carbocycles. The van der Waals surface area contributed by atoms with Gasteiger partial charge < -0.3 is 115 Å². The van der Waals surface area contributed by atoms with Gasteiger partial charge in [-0.3, -0.25) is 34.1 Å². The van der Waals surface area contributed by atoms with Crippen molar-refractivity contribution in [3.8, 4) is 22.3 Å². The summed E-state index contributed by atoms with van der Waals surface area (Å²) in [5.41, 5.74) is 6.65. The maximum absolute atomic E-state index is 13.5. The molecule has 4 amide bonds. The minimum absolute atomic E-state index is 0. The molecule has 5 aliphatic heterocycles. The quantitative estimate of drug-likeness (QED) is 0.0205. The van der Waals surface area contributed by atoms with E-state index in [9.17, 15) is 76.7 Å². The summed E-state index contributed by atoms with van der Waals surface area (Å²) in [7, 11) is 16.9. The average molecular weight is 2520 g/mol. The molecule has 0 spiro atoms. The van der Waals surface area contributed by atoms with Crippen LogP contribution < -0.4 is 76.0 Å². The monoisotopic (exact) mass is 2520 g/mol. The molecule has 0 bridgehead atoms. The Balaban J connectivity index is 0.000000307. The normalized spacial score (nSPS) is 14.6. The van der Waals surface area contributed by atoms with Crippen LogP contribution >= 0.6 is 71.4 Å². The summed E-state index contributed by atoms with van der Waals surface area (Å²) in [5, 5.41) is 37.3. The van der Waals surface area contributed by atoms with E-state index < -0.39 is 72.5 Å². The molecule has 49 heteroatoms. The number of carboxylic acid groups (broad SMARTS) is 1. The molecular weight excluding hydrogens is 2400 g/mol. The fourth-order valence-electron chi connectivity index (χ4n) is 14.5. The van der Waals surface area contributed by atoms with Gasteiger partial charge >= 0.3 is 37.8 Å². The number of hydrogen-bond acceptors (Lipinski definition) is 26. The highest BCUT2D eigenvalue weighted by Gasteiger charge is 2.39. The molecule has 0 radical (unpaired) electrons. The first-order chi connectivity index (χ1) is 68.6. The number of nitrogens with zero attached hydrogens (tertiary/aromatic N) is 18. The van der Waals surface area contributed by atoms with Crippen LogP contribution in [-0.2, 0) is 37.7 Å². The van der Waals surface area contributed by atoms with Crippen molar-refractivity contribution < 1.29 is 116 Å². The van der Waals surface area contributed by atoms with E-state index in [0.717, 1.165) is 173 Å². The molecular formula is C97H122BClF12I4N23O8-. The van der Waals surface area contributed by atoms with Crippen molar-refractivity contribution in [1.82, 2.24) is 90.5 Å². The summed E-state index contributed by atoms with van der Waals surface area (Å²) in [5.74, 6) is 1.57. The number of aromatic carboxylic acids is 1. The number of carbonyl (C=O) groups excluding carboxylic acids is 4. The van der Waals surface area contributed by atoms with Gasteiger partial charge in [0.05, 0.1) is 50.1 Å². The van der Waals surface area contributed by atoms with Crippen LogP contribution in [-0.4, -0.2) is 323 Å². The van der Waals surface area contributed by atoms with Gasteiger partial charge in [0.15, 0.2) is 0 Å². The predicted octanol–water partition coefficient (Wildman–Crippen LogP) is 10.7. The van der Waals surface area contributed by atoms with Crippen molar-refractivity contribution in [2.75, 3.05) is 221 Å². The lowest BCUT2D eigenvalue weighted by Crippen LogP contribution is -3.00. The lowest BCUT2D eigenvalue weighted by molar-refractivity contribution is -0.144. The lowest BCUT2D eigenvalue weighted by Gasteiger charge is -2.33. The zero-order valence-corrected chi connectivity index (χ0v) is 92.5. The third-order valence-electron chi connectivity index (χ3n) is 23.0. The summed E-state index contributed by atoms with van der Waals surface area (Å²) < 4.78 is 155. The number of carboxylic acids is 1. The minimum atomic E-state index is -4.98. The first-order valence-electron chi connectivity index (χ1n) is 45.5. The summed E-state index contributed by atoms with van der Waals surface area (Å²) in [6, 6.07) is 26.0. The van der Waals surface area contributed by atoms with E-state index in [1.54, 1.807) is 103 Å². The number of likely N-dealkylation sites (N-methyl/N-ethyl adjacent to an activating group) is 5. The maximum atomic E-state index is 13.5. The van der Waals surface area contributed by atoms with Crippen molar-refractivity contribution in [3.63, 3.8) is 0 Å². The van der Waals surface area contributed by atoms with Gasteiger partial charge in [0, 0.05) is 301 Å². The Morgan fingerprint density at radius 2 is 0.774 bits per heavy atom. The number of halogens is 17. The number of carbonyl (C=O) groups is 5. The molecule has 146 heavy (non-hydrogen) atoms. The second-order valence-corrected chi connectivity index (χ2v) is 34.9. The smallest absolute Gasteiger partial charge is 0.490 e. The van der Waals surface area contributed by atoms with Crippen molar-refractivity contribution in [1.29, 1.82) is 0 Å². The van der Waals surface area contributed by atoms with E-state index in [4.69, 9.17) is 26.8 Å². The number of amides is 4. The highest BCUT2D eigenvalue weighted by molar-refractivity contribution is 15.0. The molecule has 31 nitrogen and oxygen atoms in total. The largest absolute Gasteiger partial charge is 1.00 e. The maximum Gasteiger partial charge on any atom is 0.490 e. The van der Waals surface area contributed by atoms with Crippen molar-refractivity contribution in [3.05, 3.63) is 252 Å². The van der Waals surface area contributed by atoms with Gasteiger partial charge in [0.2, 0.25) is 0 Å². The Bertz CT molecular complexity index is 5690. The third-order valence-corrected chi connectivity index (χ3v) is 24.2. The molecule has 8 aromatic heterocycles. The van der Waals surface area contributed by atoms with E-state index in [2.05, 4.69) is 199 Å². The van der Waals surface area contributed by atoms with Crippen LogP contribution in [0.5, 0.6) is 0 Å². The topological polar surface area (TPSA) is 356 Å². The third kappa shape index (κ3) is 40.6. The van der Waals surface area contributed by atoms with Crippen LogP contribution in [0, 0.1) is 24.3 Å². The second-order valence-electron chi connectivity index (χ2n) is 33.4. The van der Waals surface area contributed by atoms with Gasteiger partial charge in [-0.2, -0.15) is 52.7 Å². The molecule has 15 rings (SSSR count). The summed E-state index contributed by atoms with van der Waals surface area (Å²) in [4.78, 5) is 114. The van der Waals surface area contributed by atoms with Gasteiger partial charge in [-0.05, 0) is 200 Å². The zero-order chi connectivity index (χ0) is 108. The lowest BCUT2D eigenvalue weighted by atomic mass is 9.79. The fraction of sp³-hybridized carbons (Fsp3) is 0.412. The molecule has 796 valence electrons. The Hall–Kier alpha value is -9.74. The molecule has 0 saturated carbocycles. The number of anilines is 4. The number of rotatable bonds is 15. The highest BCUT2D eigenvalue weighted by atomic mass is 128. The molecule has 2 aromatic carbocycles. The number of alkyl halides is 12. The number of aryl methyl sites for hydroxylation is 4. The summed E-state index contributed by atoms with van der Waals surface area (Å²) in [6.45, 7) is 26.4. The number of pyridine rings is 8. The molecule has 9 N–H and O–H groups in total. The number of aromatic nitrogens is 8. The van der Waals surface area contributed by atoms with E-state index >= 15 is 0 Å². The Morgan fingerprint density at radius 1 is 0.432 bits per heavy atom. The van der Waals surface area contributed by atoms with E-state index in [-0.39, 0.29) is 82.5 Å². The molecule has 5 fully saturated rings. The van der Waals surface area contributed by atoms with Crippen molar-refractivity contribution in [2.45, 2.75) is 65.4 Å². The number of benzene rings is 2. The standard InChI is InChI=1S/C27H27F6N5O.C18H23N5O.C12H17IN4O.C12H18N4O.C10H8F6.C6H8BNO2.C6H4ClNO2.C5H12N2.CH5N.I2.HI/c1-17-21(5-4-6-34-17)22-14-24(38-9-7-36(2)8-10-38)35-15-23(22)25(39)37(3)16-18-11-19(26(28,29)30)13-20(12-18)27(31,32)33;1-13-14(5-4-6-20-13)15-11-17(21-12-16(15)18(24)19-2)23-9-7-22(3)8-10-23;1-14-12(18)9-8-15-11(7-10(9)13)17-5-3-16(2)4-6-17;1-13-12(17)10-3-4-11(14-9-10)16-7-5-15(2)6-8-16;1-2-6-3-7(9(11,12)13)5-8(4-6)10(14,15)16;1-5-6(7(9)10)3-2-4-8-5;7-5-2-1-4(3-8-5)6(9)10;1-7-4-2-6-3-5-7;2*1-2;/h4-6,11-15H,7-10,16H2,1-3H3;4-6,11-12H,7-10H2,1-3H3,(H,19,24);7-8H,3-6H2,1-2H3,(H,14,18);3-4,9H,5-8H2,1-2H3,(H,13,17);3-5H,2H2,1H3;2-4,9-10H,1H3;1-3H,(H,9,10);6H,2-5H2,1H3;2H2,1H3;;1H/p-1. The highest BCUT2D eigenvalue weighted by Crippen LogP contribution is 2.40. The Kier molecular flexibility index (Phi) is 53.8. The Morgan fingerprint density at radius 3 is 1.10 bits per heavy atom. The molecule has 13 heterocycles. The molecule has 10 aromatic rings. The summed E-state index contributed by atoms with van der Waals surface area (Å²) >= 11 is 11.8. The van der Waals surface area contributed by atoms with Crippen LogP contribution in [0.1, 0.15) is 109 Å². The van der Waals surface area contributed by atoms with Crippen molar-refractivity contribution in [2.24, 2.45) is 5.73 Å². The van der Waals surface area contributed by atoms with Gasteiger partial charge in [-0.1, -0.05) is 36.7 Å². The van der Waals surface area contributed by atoms with Gasteiger partial charge in [0.1, 0.15) is 28.4 Å². The van der Waals surface area contributed by atoms with Crippen molar-refractivity contribution >= 4 is 137 Å². The second kappa shape index (κ2) is 62.0. The van der Waals surface area contributed by atoms with Crippen LogP contribution in [0.15, 0.2) is 165 Å². The van der Waals surface area contributed by atoms with E-state index in [1.807, 2.05) is 50.4 Å². The van der Waals surface area contributed by atoms with Crippen LogP contribution in [0.3, 0.4) is 0 Å². The van der Waals surface area contributed by atoms with E-state index in [0.29, 0.717) is 67.8 Å². The minimum Gasteiger partial charge on any atom is -1.00 e. The SMILES string of the molecule is CCc1cc(C(F)(F)F)cc(C(F)(F)F)c1.CN.CN1CCNCC1.CNC(=O)c1ccc(N2CCN(C)CC2)nc1.CNC(=O)c1cnc(N2CCN(C)CC2)cc1-c1cccnc1C.CNC(=O)c1cnc(N2CCN(C)CC2)cc1I.Cc1ncccc1-c1cc(N2CCN(C)CC2)ncc1C(=O)N(C)Cc1cc(C(F)(F)F)cc(C(F)(F)F)c1.Cc1ncccc1B(O)O.II.O=C(O)c1ccc(Cl)nc1.[I-]. The first kappa shape index (κ1) is 127. The van der Waals surface area contributed by atoms with Crippen LogP contribution in [0.4, 0.5) is 76.0 Å². The van der Waals surface area contributed by atoms with Crippen LogP contribution in [0.25, 0.3) is 22.3 Å². The predicted molar refractivity (Wildman–Crippen MR) is 566 cm³/mol. The van der Waals surface area contributed by atoms with Gasteiger partial charge in [0.25, 0.3) is 23.6 Å². The fourth-order valence-corrected chi connectivity index (χ4v) is 15.3. The Labute approximate surface area is 902 Å². The van der Waals surface area contributed by atoms with Crippen LogP contribution in [0.2, 0.25) is 5.15 Å². The molecule has 5 aliphatic rings. The average Bonchev–Trinajstić information content (AvgIpc) is 0.808. The van der Waals surface area contributed by atoms with E-state index in [1.165, 1.54) is 58.6 Å². The number of piperazine rings is 5. The summed E-state index contributed by atoms with van der Waals surface area (Å²) in [6.07, 6.45) is -6.78. The zero-order valence-electron chi connectivity index (χ0n) is 83.2. The molecule has 0 atom stereocenters. The first-order valence-corrected chi connectivity index (χ1v) is 53.3. The molecule has 5 saturated heterocycles. The van der Waals surface area contributed by atoms with Gasteiger partial charge in [-0.15, -0.1) is 0 Å². The molecule has 0 unspecified atom stereocenters. The number of hydrogen-bond donors (Lipinski definition) is 8. The number of nitrogens with one attached hydrogen (secondary N) is 4. The number of nitrogens with two attached hydrogens (primary N) is 1. The van der Waals surface area contributed by atoms with Gasteiger partial charge in [-0.25, -0.2) is 29.7 Å².